The topological polar surface area (TPSA) is 302 Å². The van der Waals surface area contributed by atoms with Crippen molar-refractivity contribution in [2.24, 2.45) is 11.7 Å². The fourth-order valence-electron chi connectivity index (χ4n) is 6.90. The summed E-state index contributed by atoms with van der Waals surface area (Å²) in [6, 6.07) is 0.228. The summed E-state index contributed by atoms with van der Waals surface area (Å²) in [5.41, 5.74) is 6.81. The van der Waals surface area contributed by atoms with Crippen LogP contribution >= 0.6 is 23.5 Å². The van der Waals surface area contributed by atoms with Crippen molar-refractivity contribution < 1.29 is 38.7 Å². The quantitative estimate of drug-likeness (QED) is 0.0327. The number of aromatic amines is 1. The van der Waals surface area contributed by atoms with Crippen LogP contribution in [0.3, 0.4) is 0 Å². The van der Waals surface area contributed by atoms with Gasteiger partial charge in [0.05, 0.1) is 6.04 Å². The number of rotatable bonds is 27. The van der Waals surface area contributed by atoms with E-state index in [1.54, 1.807) is 6.20 Å². The number of fused-ring (bicyclic) bond motifs is 1. The first kappa shape index (κ1) is 51.3. The van der Waals surface area contributed by atoms with Crippen molar-refractivity contribution in [3.63, 3.8) is 0 Å². The standard InChI is InChI=1S/C41H65N11O8S2/c1-23(2)20-32(51-34(53)24(3)47-36(55)29(14-18-61-4)48-35(54)28-12-8-16-44-28)38(57)52-33(21-25-22-46-27-11-7-6-10-26(25)27)39(58)49-30(15-19-62-5)37(56)50-31(40(59)60)13-9-17-45-41(42)43/h6-7,10-11,22-24,28-33,44,46H,8-9,12-21H2,1-5H3,(H,47,55)(H,48,54)(H,49,58)(H,50,56)(H,51,53)(H,52,57)(H,59,60)(H4,42,43,45)/t24-,28-,29-,30-,31-,32-,33-/m0/s1. The van der Waals surface area contributed by atoms with Gasteiger partial charge in [0.1, 0.15) is 36.3 Å². The molecule has 1 saturated heterocycles. The molecule has 21 heteroatoms. The van der Waals surface area contributed by atoms with Gasteiger partial charge in [0.2, 0.25) is 35.4 Å². The Bertz CT molecular complexity index is 1840. The fraction of sp³-hybridized carbons (Fsp3) is 0.610. The molecule has 3 rings (SSSR count). The Morgan fingerprint density at radius 1 is 0.790 bits per heavy atom. The summed E-state index contributed by atoms with van der Waals surface area (Å²) in [5.74, 6) is -4.16. The number of carboxylic acids is 1. The summed E-state index contributed by atoms with van der Waals surface area (Å²) in [6.45, 7) is 6.15. The summed E-state index contributed by atoms with van der Waals surface area (Å²) in [6.07, 6.45) is 7.94. The van der Waals surface area contributed by atoms with E-state index in [2.05, 4.69) is 47.5 Å². The predicted molar refractivity (Wildman–Crippen MR) is 243 cm³/mol. The minimum Gasteiger partial charge on any atom is -0.480 e. The zero-order chi connectivity index (χ0) is 45.8. The van der Waals surface area contributed by atoms with Gasteiger partial charge in [0, 0.05) is 30.1 Å². The van der Waals surface area contributed by atoms with E-state index in [1.165, 1.54) is 30.4 Å². The predicted octanol–water partition coefficient (Wildman–Crippen LogP) is 0.291. The number of aliphatic carboxylic acids is 1. The SMILES string of the molecule is CSCC[C@H](NC(=O)[C@@H]1CCCN1)C(=O)N[C@@H](C)C(=O)N[C@@H](CC(C)C)C(=O)N[C@@H](Cc1c[nH]c2ccccc12)C(=O)N[C@@H](CCSC)C(=O)N[C@@H](CCCNC(=N)N)C(=O)O. The van der Waals surface area contributed by atoms with E-state index in [4.69, 9.17) is 11.1 Å². The number of H-pyrrole nitrogens is 1. The highest BCUT2D eigenvalue weighted by atomic mass is 32.2. The van der Waals surface area contributed by atoms with E-state index < -0.39 is 77.8 Å². The molecule has 0 radical (unpaired) electrons. The third kappa shape index (κ3) is 17.0. The zero-order valence-electron chi connectivity index (χ0n) is 36.2. The number of amides is 6. The molecule has 0 bridgehead atoms. The van der Waals surface area contributed by atoms with Crippen LogP contribution in [0.4, 0.5) is 0 Å². The first-order valence-corrected chi connectivity index (χ1v) is 23.7. The summed E-state index contributed by atoms with van der Waals surface area (Å²) in [7, 11) is 0. The van der Waals surface area contributed by atoms with Crippen LogP contribution in [0.25, 0.3) is 10.9 Å². The molecular formula is C41H65N11O8S2. The van der Waals surface area contributed by atoms with E-state index in [0.29, 0.717) is 36.5 Å². The highest BCUT2D eigenvalue weighted by molar-refractivity contribution is 7.98. The summed E-state index contributed by atoms with van der Waals surface area (Å²) >= 11 is 2.94. The molecule has 0 spiro atoms. The van der Waals surface area contributed by atoms with Gasteiger partial charge in [-0.15, -0.1) is 0 Å². The van der Waals surface area contributed by atoms with Gasteiger partial charge in [-0.2, -0.15) is 23.5 Å². The number of hydrogen-bond acceptors (Lipinski definition) is 11. The number of nitrogens with two attached hydrogens (primary N) is 1. The van der Waals surface area contributed by atoms with Crippen molar-refractivity contribution in [2.45, 2.75) is 114 Å². The zero-order valence-corrected chi connectivity index (χ0v) is 37.8. The lowest BCUT2D eigenvalue weighted by atomic mass is 10.00. The van der Waals surface area contributed by atoms with Crippen LogP contribution in [0.15, 0.2) is 30.5 Å². The molecule has 1 aliphatic heterocycles. The first-order chi connectivity index (χ1) is 29.5. The molecular weight excluding hydrogens is 839 g/mol. The molecule has 0 unspecified atom stereocenters. The molecule has 2 heterocycles. The second kappa shape index (κ2) is 26.5. The second-order valence-corrected chi connectivity index (χ2v) is 17.7. The Morgan fingerprint density at radius 2 is 1.37 bits per heavy atom. The first-order valence-electron chi connectivity index (χ1n) is 20.9. The van der Waals surface area contributed by atoms with Crippen LogP contribution in [0.5, 0.6) is 0 Å². The lowest BCUT2D eigenvalue weighted by Gasteiger charge is -2.27. The largest absolute Gasteiger partial charge is 0.480 e. The maximum absolute atomic E-state index is 14.3. The van der Waals surface area contributed by atoms with E-state index in [1.807, 2.05) is 50.6 Å². The molecule has 19 nitrogen and oxygen atoms in total. The lowest BCUT2D eigenvalue weighted by Crippen LogP contribution is -2.60. The number of guanidine groups is 1. The van der Waals surface area contributed by atoms with Crippen molar-refractivity contribution in [1.82, 2.24) is 47.5 Å². The molecule has 62 heavy (non-hydrogen) atoms. The molecule has 344 valence electrons. The molecule has 6 amide bonds. The average molecular weight is 904 g/mol. The van der Waals surface area contributed by atoms with Gasteiger partial charge in [-0.1, -0.05) is 32.0 Å². The molecule has 0 aliphatic carbocycles. The number of para-hydroxylation sites is 1. The van der Waals surface area contributed by atoms with Crippen LogP contribution < -0.4 is 48.3 Å². The number of carboxylic acid groups (broad SMARTS) is 1. The van der Waals surface area contributed by atoms with Crippen LogP contribution in [0.2, 0.25) is 0 Å². The number of carbonyl (C=O) groups excluding carboxylic acids is 6. The van der Waals surface area contributed by atoms with Crippen molar-refractivity contribution in [2.75, 3.05) is 37.1 Å². The molecule has 0 saturated carbocycles. The van der Waals surface area contributed by atoms with Crippen molar-refractivity contribution in [3.8, 4) is 0 Å². The molecule has 1 aromatic heterocycles. The maximum atomic E-state index is 14.3. The Hall–Kier alpha value is -5.02. The van der Waals surface area contributed by atoms with Gasteiger partial charge in [0.15, 0.2) is 5.96 Å². The van der Waals surface area contributed by atoms with Gasteiger partial charge in [-0.3, -0.25) is 34.2 Å². The smallest absolute Gasteiger partial charge is 0.326 e. The van der Waals surface area contributed by atoms with Gasteiger partial charge in [-0.05, 0) is 100.0 Å². The molecule has 1 fully saturated rings. The number of aromatic nitrogens is 1. The molecule has 1 aromatic carbocycles. The number of hydrogen-bond donors (Lipinski definition) is 12. The average Bonchev–Trinajstić information content (AvgIpc) is 3.92. The molecule has 2 aromatic rings. The van der Waals surface area contributed by atoms with Gasteiger partial charge < -0.3 is 58.4 Å². The van der Waals surface area contributed by atoms with Gasteiger partial charge in [0.25, 0.3) is 0 Å². The van der Waals surface area contributed by atoms with E-state index >= 15 is 0 Å². The third-order valence-electron chi connectivity index (χ3n) is 10.3. The summed E-state index contributed by atoms with van der Waals surface area (Å²) in [5, 5.41) is 40.0. The van der Waals surface area contributed by atoms with Crippen molar-refractivity contribution >= 4 is 81.8 Å². The summed E-state index contributed by atoms with van der Waals surface area (Å²) < 4.78 is 0. The Labute approximate surface area is 371 Å². The molecule has 1 aliphatic rings. The minimum absolute atomic E-state index is 0.00626. The fourth-order valence-corrected chi connectivity index (χ4v) is 7.84. The normalized spacial score (nSPS) is 16.5. The lowest BCUT2D eigenvalue weighted by molar-refractivity contribution is -0.142. The van der Waals surface area contributed by atoms with Crippen LogP contribution in [0, 0.1) is 11.3 Å². The monoisotopic (exact) mass is 903 g/mol. The van der Waals surface area contributed by atoms with E-state index in [0.717, 1.165) is 17.3 Å². The molecule has 13 N–H and O–H groups in total. The number of thioether (sulfide) groups is 2. The van der Waals surface area contributed by atoms with E-state index in [-0.39, 0.29) is 56.4 Å². The summed E-state index contributed by atoms with van der Waals surface area (Å²) in [4.78, 5) is 97.2. The molecule has 7 atom stereocenters. The second-order valence-electron chi connectivity index (χ2n) is 15.8. The number of carbonyl (C=O) groups is 7. The Kier molecular flexibility index (Phi) is 21.9. The third-order valence-corrected chi connectivity index (χ3v) is 11.6. The Morgan fingerprint density at radius 3 is 1.98 bits per heavy atom. The van der Waals surface area contributed by atoms with E-state index in [9.17, 15) is 38.7 Å². The van der Waals surface area contributed by atoms with Gasteiger partial charge >= 0.3 is 5.97 Å². The number of benzene rings is 1. The van der Waals surface area contributed by atoms with Crippen LogP contribution in [0.1, 0.15) is 71.3 Å². The maximum Gasteiger partial charge on any atom is 0.326 e. The minimum atomic E-state index is -1.28. The van der Waals surface area contributed by atoms with Crippen molar-refractivity contribution in [1.29, 1.82) is 5.41 Å². The number of nitrogens with one attached hydrogen (secondary N) is 10. The highest BCUT2D eigenvalue weighted by Gasteiger charge is 2.34. The highest BCUT2D eigenvalue weighted by Crippen LogP contribution is 2.20. The van der Waals surface area contributed by atoms with Gasteiger partial charge in [-0.25, -0.2) is 4.79 Å². The van der Waals surface area contributed by atoms with Crippen LogP contribution in [-0.4, -0.2) is 137 Å². The Balaban J connectivity index is 1.82. The van der Waals surface area contributed by atoms with Crippen molar-refractivity contribution in [3.05, 3.63) is 36.0 Å². The van der Waals surface area contributed by atoms with Crippen LogP contribution in [-0.2, 0) is 40.0 Å².